The molecule has 8 heteroatoms. The van der Waals surface area contributed by atoms with E-state index in [0.717, 1.165) is 6.07 Å². The molecular formula is C17H14N2O6. The van der Waals surface area contributed by atoms with Gasteiger partial charge in [-0.25, -0.2) is 9.78 Å². The average molecular weight is 342 g/mol. The van der Waals surface area contributed by atoms with E-state index in [0.29, 0.717) is 0 Å². The maximum absolute atomic E-state index is 12.2. The highest BCUT2D eigenvalue weighted by atomic mass is 16.5. The topological polar surface area (TPSA) is 122 Å². The lowest BCUT2D eigenvalue weighted by molar-refractivity contribution is 0.168. The molecule has 1 aromatic carbocycles. The first-order chi connectivity index (χ1) is 12.0. The Balaban J connectivity index is 2.19. The lowest BCUT2D eigenvalue weighted by Gasteiger charge is -2.13. The Morgan fingerprint density at radius 1 is 1.32 bits per heavy atom. The van der Waals surface area contributed by atoms with Gasteiger partial charge in [-0.2, -0.15) is 0 Å². The van der Waals surface area contributed by atoms with Crippen LogP contribution in [-0.2, 0) is 4.74 Å². The van der Waals surface area contributed by atoms with Gasteiger partial charge in [-0.05, 0) is 19.1 Å². The third kappa shape index (κ3) is 3.23. The minimum absolute atomic E-state index is 0.0134. The van der Waals surface area contributed by atoms with Crippen molar-refractivity contribution in [2.75, 3.05) is 11.9 Å². The molecule has 8 nitrogen and oxygen atoms in total. The molecule has 1 amide bonds. The summed E-state index contributed by atoms with van der Waals surface area (Å²) in [4.78, 5) is 27.9. The van der Waals surface area contributed by atoms with Crippen molar-refractivity contribution in [1.29, 1.82) is 0 Å². The molecule has 3 N–H and O–H groups in total. The maximum Gasteiger partial charge on any atom is 0.411 e. The summed E-state index contributed by atoms with van der Waals surface area (Å²) in [5, 5.41) is 22.6. The normalized spacial score (nSPS) is 10.6. The van der Waals surface area contributed by atoms with Crippen LogP contribution >= 0.6 is 0 Å². The molecule has 2 aromatic heterocycles. The fourth-order valence-electron chi connectivity index (χ4n) is 2.36. The summed E-state index contributed by atoms with van der Waals surface area (Å²) >= 11 is 0. The first kappa shape index (κ1) is 16.3. The number of phenolic OH excluding ortho intramolecular Hbond substituents is 2. The first-order valence-corrected chi connectivity index (χ1v) is 7.38. The zero-order valence-electron chi connectivity index (χ0n) is 13.1. The molecule has 0 aliphatic carbocycles. The van der Waals surface area contributed by atoms with Gasteiger partial charge in [0.15, 0.2) is 5.43 Å². The number of nitrogens with zero attached hydrogens (tertiary/aromatic N) is 1. The number of rotatable bonds is 3. The number of anilines is 1. The van der Waals surface area contributed by atoms with Gasteiger partial charge in [-0.3, -0.25) is 10.1 Å². The van der Waals surface area contributed by atoms with E-state index in [4.69, 9.17) is 9.15 Å². The molecule has 3 rings (SSSR count). The van der Waals surface area contributed by atoms with Gasteiger partial charge in [0.1, 0.15) is 17.3 Å². The molecule has 0 bridgehead atoms. The molecule has 0 saturated carbocycles. The zero-order chi connectivity index (χ0) is 18.0. The van der Waals surface area contributed by atoms with Gasteiger partial charge < -0.3 is 19.4 Å². The summed E-state index contributed by atoms with van der Waals surface area (Å²) in [5.74, 6) is -0.681. The van der Waals surface area contributed by atoms with E-state index in [2.05, 4.69) is 10.3 Å². The van der Waals surface area contributed by atoms with Crippen molar-refractivity contribution < 1.29 is 24.2 Å². The molecule has 128 valence electrons. The van der Waals surface area contributed by atoms with E-state index >= 15 is 0 Å². The van der Waals surface area contributed by atoms with Crippen LogP contribution in [0, 0.1) is 0 Å². The van der Waals surface area contributed by atoms with Crippen LogP contribution in [-0.4, -0.2) is 27.9 Å². The number of aromatic hydroxyl groups is 2. The zero-order valence-corrected chi connectivity index (χ0v) is 13.1. The minimum Gasteiger partial charge on any atom is -0.508 e. The lowest BCUT2D eigenvalue weighted by Crippen LogP contribution is -2.14. The van der Waals surface area contributed by atoms with Gasteiger partial charge >= 0.3 is 6.09 Å². The van der Waals surface area contributed by atoms with Crippen molar-refractivity contribution in [2.24, 2.45) is 0 Å². The highest BCUT2D eigenvalue weighted by Gasteiger charge is 2.19. The van der Waals surface area contributed by atoms with Crippen molar-refractivity contribution in [3.8, 4) is 22.8 Å². The van der Waals surface area contributed by atoms with E-state index in [1.807, 2.05) is 0 Å². The van der Waals surface area contributed by atoms with Crippen molar-refractivity contribution in [1.82, 2.24) is 4.98 Å². The molecule has 0 atom stereocenters. The second kappa shape index (κ2) is 6.52. The number of phenols is 2. The fraction of sp³-hybridized carbons (Fsp3) is 0.118. The standard InChI is InChI=1S/C17H14N2O6/c1-2-24-17(23)19-11-6-9(20)7-13(22)15(11)14-8-12(21)10-4-3-5-18-16(10)25-14/h3-8,20,22H,2H2,1H3,(H,19,23). The molecular weight excluding hydrogens is 328 g/mol. The quantitative estimate of drug-likeness (QED) is 0.669. The maximum atomic E-state index is 12.2. The van der Waals surface area contributed by atoms with Crippen LogP contribution in [0.4, 0.5) is 10.5 Å². The van der Waals surface area contributed by atoms with E-state index in [-0.39, 0.29) is 51.6 Å². The number of hydrogen-bond acceptors (Lipinski definition) is 7. The van der Waals surface area contributed by atoms with Crippen LogP contribution < -0.4 is 10.7 Å². The summed E-state index contributed by atoms with van der Waals surface area (Å²) in [6.07, 6.45) is 0.679. The van der Waals surface area contributed by atoms with Gasteiger partial charge in [-0.1, -0.05) is 0 Å². The molecule has 0 fully saturated rings. The Hall–Kier alpha value is -3.55. The summed E-state index contributed by atoms with van der Waals surface area (Å²) in [7, 11) is 0. The highest BCUT2D eigenvalue weighted by Crippen LogP contribution is 2.39. The Kier molecular flexibility index (Phi) is 4.25. The Bertz CT molecular complexity index is 1010. The van der Waals surface area contributed by atoms with E-state index in [1.165, 1.54) is 18.3 Å². The molecule has 0 spiro atoms. The van der Waals surface area contributed by atoms with Gasteiger partial charge in [0.2, 0.25) is 5.71 Å². The van der Waals surface area contributed by atoms with E-state index < -0.39 is 6.09 Å². The van der Waals surface area contributed by atoms with E-state index in [9.17, 15) is 19.8 Å². The second-order valence-electron chi connectivity index (χ2n) is 5.06. The third-order valence-electron chi connectivity index (χ3n) is 3.37. The Morgan fingerprint density at radius 2 is 2.12 bits per heavy atom. The molecule has 0 radical (unpaired) electrons. The van der Waals surface area contributed by atoms with Crippen molar-refractivity contribution in [2.45, 2.75) is 6.92 Å². The Morgan fingerprint density at radius 3 is 2.88 bits per heavy atom. The predicted molar refractivity (Wildman–Crippen MR) is 89.7 cm³/mol. The number of carbonyl (C=O) groups is 1. The van der Waals surface area contributed by atoms with Gasteiger partial charge in [0.25, 0.3) is 0 Å². The van der Waals surface area contributed by atoms with Crippen LogP contribution in [0.25, 0.3) is 22.4 Å². The van der Waals surface area contributed by atoms with Crippen molar-refractivity contribution >= 4 is 22.9 Å². The van der Waals surface area contributed by atoms with Crippen LogP contribution in [0.1, 0.15) is 6.92 Å². The lowest BCUT2D eigenvalue weighted by atomic mass is 10.1. The minimum atomic E-state index is -0.782. The smallest absolute Gasteiger partial charge is 0.411 e. The van der Waals surface area contributed by atoms with Gasteiger partial charge in [0.05, 0.1) is 23.2 Å². The Labute approximate surface area is 141 Å². The number of aromatic nitrogens is 1. The SMILES string of the molecule is CCOC(=O)Nc1cc(O)cc(O)c1-c1cc(=O)c2cccnc2o1. The molecule has 0 aliphatic rings. The largest absolute Gasteiger partial charge is 0.508 e. The second-order valence-corrected chi connectivity index (χ2v) is 5.06. The predicted octanol–water partition coefficient (Wildman–Crippen LogP) is 2.83. The van der Waals surface area contributed by atoms with Crippen LogP contribution in [0.2, 0.25) is 0 Å². The first-order valence-electron chi connectivity index (χ1n) is 7.38. The number of hydrogen-bond donors (Lipinski definition) is 3. The number of amides is 1. The van der Waals surface area contributed by atoms with Crippen LogP contribution in [0.15, 0.2) is 45.7 Å². The molecule has 25 heavy (non-hydrogen) atoms. The number of fused-ring (bicyclic) bond motifs is 1. The summed E-state index contributed by atoms with van der Waals surface area (Å²) in [5.41, 5.74) is -0.233. The van der Waals surface area contributed by atoms with Crippen LogP contribution in [0.3, 0.4) is 0 Å². The summed E-state index contributed by atoms with van der Waals surface area (Å²) in [6, 6.07) is 6.60. The summed E-state index contributed by atoms with van der Waals surface area (Å²) in [6.45, 7) is 1.77. The highest BCUT2D eigenvalue weighted by molar-refractivity contribution is 5.93. The number of ether oxygens (including phenoxy) is 1. The van der Waals surface area contributed by atoms with Gasteiger partial charge in [-0.15, -0.1) is 0 Å². The molecule has 0 aliphatic heterocycles. The summed E-state index contributed by atoms with van der Waals surface area (Å²) < 4.78 is 10.4. The van der Waals surface area contributed by atoms with Crippen LogP contribution in [0.5, 0.6) is 11.5 Å². The number of carbonyl (C=O) groups excluding carboxylic acids is 1. The van der Waals surface area contributed by atoms with Crippen molar-refractivity contribution in [3.63, 3.8) is 0 Å². The molecule has 0 saturated heterocycles. The number of pyridine rings is 1. The number of benzene rings is 1. The third-order valence-corrected chi connectivity index (χ3v) is 3.37. The molecule has 2 heterocycles. The average Bonchev–Trinajstić information content (AvgIpc) is 2.54. The number of nitrogens with one attached hydrogen (secondary N) is 1. The van der Waals surface area contributed by atoms with E-state index in [1.54, 1.807) is 19.1 Å². The molecule has 0 unspecified atom stereocenters. The fourth-order valence-corrected chi connectivity index (χ4v) is 2.36. The van der Waals surface area contributed by atoms with Crippen molar-refractivity contribution in [3.05, 3.63) is 46.8 Å². The monoisotopic (exact) mass is 342 g/mol. The molecule has 3 aromatic rings. The van der Waals surface area contributed by atoms with Gasteiger partial charge in [0, 0.05) is 24.4 Å².